The maximum atomic E-state index is 14.6. The predicted octanol–water partition coefficient (Wildman–Crippen LogP) is 3.62. The molecule has 0 spiro atoms. The Bertz CT molecular complexity index is 859. The lowest BCUT2D eigenvalue weighted by molar-refractivity contribution is 0.151. The predicted molar refractivity (Wildman–Crippen MR) is 103 cm³/mol. The molecular formula is C19H22ClF2NO3S. The molecule has 0 unspecified atom stereocenters. The van der Waals surface area contributed by atoms with Crippen LogP contribution in [0.4, 0.5) is 8.78 Å². The summed E-state index contributed by atoms with van der Waals surface area (Å²) in [6, 6.07) is 12.6. The van der Waals surface area contributed by atoms with Gasteiger partial charge in [0.15, 0.2) is 11.6 Å². The van der Waals surface area contributed by atoms with E-state index in [0.717, 1.165) is 25.3 Å². The van der Waals surface area contributed by atoms with E-state index in [4.69, 9.17) is 4.18 Å². The zero-order valence-electron chi connectivity index (χ0n) is 14.8. The summed E-state index contributed by atoms with van der Waals surface area (Å²) in [6.07, 6.45) is 1.65. The molecule has 0 amide bonds. The van der Waals surface area contributed by atoms with Crippen LogP contribution in [0.2, 0.25) is 0 Å². The van der Waals surface area contributed by atoms with Crippen molar-refractivity contribution in [3.05, 3.63) is 71.3 Å². The van der Waals surface area contributed by atoms with Gasteiger partial charge in [0.05, 0.1) is 6.26 Å². The first kappa shape index (κ1) is 21.8. The van der Waals surface area contributed by atoms with Crippen LogP contribution in [0.15, 0.2) is 48.5 Å². The van der Waals surface area contributed by atoms with Gasteiger partial charge in [-0.2, -0.15) is 8.42 Å². The smallest absolute Gasteiger partial charge is 0.264 e. The molecular weight excluding hydrogens is 396 g/mol. The van der Waals surface area contributed by atoms with Crippen molar-refractivity contribution in [1.29, 1.82) is 0 Å². The summed E-state index contributed by atoms with van der Waals surface area (Å²) in [5.74, 6) is -2.72. The van der Waals surface area contributed by atoms with Gasteiger partial charge in [-0.1, -0.05) is 42.5 Å². The Labute approximate surface area is 164 Å². The minimum atomic E-state index is -3.80. The fourth-order valence-corrected chi connectivity index (χ4v) is 4.16. The van der Waals surface area contributed by atoms with Crippen molar-refractivity contribution in [2.75, 3.05) is 12.8 Å². The summed E-state index contributed by atoms with van der Waals surface area (Å²) in [4.78, 5) is 0. The third-order valence-electron chi connectivity index (χ3n) is 4.58. The summed E-state index contributed by atoms with van der Waals surface area (Å²) in [6.45, 7) is 0.724. The van der Waals surface area contributed by atoms with E-state index in [1.165, 1.54) is 12.1 Å². The lowest BCUT2D eigenvalue weighted by Crippen LogP contribution is -2.42. The van der Waals surface area contributed by atoms with E-state index in [-0.39, 0.29) is 24.0 Å². The quantitative estimate of drug-likeness (QED) is 0.729. The maximum absolute atomic E-state index is 14.6. The summed E-state index contributed by atoms with van der Waals surface area (Å²) in [7, 11) is -3.80. The molecule has 3 rings (SSSR count). The fraction of sp³-hybridized carbons (Fsp3) is 0.368. The molecule has 1 aliphatic heterocycles. The Balaban J connectivity index is 0.00000261. The third-order valence-corrected chi connectivity index (χ3v) is 5.16. The van der Waals surface area contributed by atoms with Crippen LogP contribution in [0.25, 0.3) is 0 Å². The number of hydrogen-bond acceptors (Lipinski definition) is 4. The number of nitrogens with one attached hydrogen (secondary N) is 1. The van der Waals surface area contributed by atoms with E-state index in [1.54, 1.807) is 24.3 Å². The summed E-state index contributed by atoms with van der Waals surface area (Å²) >= 11 is 0. The summed E-state index contributed by atoms with van der Waals surface area (Å²) < 4.78 is 57.7. The molecule has 148 valence electrons. The minimum absolute atomic E-state index is 0. The van der Waals surface area contributed by atoms with Gasteiger partial charge in [-0.05, 0) is 31.0 Å². The Morgan fingerprint density at radius 3 is 2.41 bits per heavy atom. The average Bonchev–Trinajstić information content (AvgIpc) is 3.12. The molecule has 2 aromatic rings. The highest BCUT2D eigenvalue weighted by Gasteiger charge is 2.38. The van der Waals surface area contributed by atoms with Gasteiger partial charge in [-0.3, -0.25) is 4.18 Å². The summed E-state index contributed by atoms with van der Waals surface area (Å²) in [5, 5.41) is 3.23. The Morgan fingerprint density at radius 1 is 1.11 bits per heavy atom. The molecule has 0 aromatic heterocycles. The lowest BCUT2D eigenvalue weighted by atomic mass is 9.83. The normalized spacial score (nSPS) is 19.3. The molecule has 8 heteroatoms. The molecule has 1 heterocycles. The average molecular weight is 418 g/mol. The second-order valence-corrected chi connectivity index (χ2v) is 8.10. The highest BCUT2D eigenvalue weighted by atomic mass is 35.5. The van der Waals surface area contributed by atoms with Crippen LogP contribution >= 0.6 is 12.4 Å². The second kappa shape index (κ2) is 9.10. The van der Waals surface area contributed by atoms with Crippen molar-refractivity contribution in [2.24, 2.45) is 0 Å². The zero-order chi connectivity index (χ0) is 18.7. The van der Waals surface area contributed by atoms with E-state index < -0.39 is 33.8 Å². The van der Waals surface area contributed by atoms with Crippen molar-refractivity contribution in [3.8, 4) is 0 Å². The van der Waals surface area contributed by atoms with Crippen LogP contribution in [0.1, 0.15) is 29.9 Å². The van der Waals surface area contributed by atoms with Crippen LogP contribution in [-0.2, 0) is 14.3 Å². The van der Waals surface area contributed by atoms with Gasteiger partial charge < -0.3 is 5.32 Å². The first-order valence-electron chi connectivity index (χ1n) is 8.47. The van der Waals surface area contributed by atoms with E-state index in [1.807, 2.05) is 6.07 Å². The molecule has 1 N–H and O–H groups in total. The first-order valence-corrected chi connectivity index (χ1v) is 10.3. The zero-order valence-corrected chi connectivity index (χ0v) is 16.4. The van der Waals surface area contributed by atoms with Gasteiger partial charge in [-0.25, -0.2) is 8.78 Å². The van der Waals surface area contributed by atoms with E-state index in [0.29, 0.717) is 12.0 Å². The molecule has 1 aliphatic rings. The lowest BCUT2D eigenvalue weighted by Gasteiger charge is -2.32. The van der Waals surface area contributed by atoms with Gasteiger partial charge in [0.25, 0.3) is 10.1 Å². The molecule has 0 bridgehead atoms. The van der Waals surface area contributed by atoms with Crippen LogP contribution in [-0.4, -0.2) is 33.4 Å². The molecule has 3 atom stereocenters. The minimum Gasteiger partial charge on any atom is -0.311 e. The number of hydrogen-bond donors (Lipinski definition) is 1. The van der Waals surface area contributed by atoms with Crippen LogP contribution < -0.4 is 5.32 Å². The molecule has 1 saturated heterocycles. The van der Waals surface area contributed by atoms with Gasteiger partial charge in [0, 0.05) is 17.5 Å². The highest BCUT2D eigenvalue weighted by Crippen LogP contribution is 2.36. The third kappa shape index (κ3) is 5.25. The first-order chi connectivity index (χ1) is 12.4. The number of halogens is 3. The largest absolute Gasteiger partial charge is 0.311 e. The van der Waals surface area contributed by atoms with Crippen molar-refractivity contribution in [3.63, 3.8) is 0 Å². The van der Waals surface area contributed by atoms with Crippen LogP contribution in [0.3, 0.4) is 0 Å². The number of rotatable bonds is 6. The number of benzene rings is 2. The van der Waals surface area contributed by atoms with Crippen molar-refractivity contribution >= 4 is 22.5 Å². The Hall–Kier alpha value is -1.54. The fourth-order valence-electron chi connectivity index (χ4n) is 3.52. The van der Waals surface area contributed by atoms with Gasteiger partial charge in [-0.15, -0.1) is 12.4 Å². The molecule has 27 heavy (non-hydrogen) atoms. The van der Waals surface area contributed by atoms with E-state index in [2.05, 4.69) is 5.32 Å². The molecule has 2 aromatic carbocycles. The topological polar surface area (TPSA) is 55.4 Å². The van der Waals surface area contributed by atoms with Gasteiger partial charge in [0.1, 0.15) is 6.10 Å². The van der Waals surface area contributed by atoms with E-state index in [9.17, 15) is 17.2 Å². The molecule has 1 fully saturated rings. The van der Waals surface area contributed by atoms with E-state index >= 15 is 0 Å². The van der Waals surface area contributed by atoms with Crippen molar-refractivity contribution in [1.82, 2.24) is 5.32 Å². The Kier molecular flexibility index (Phi) is 7.33. The van der Waals surface area contributed by atoms with Crippen LogP contribution in [0.5, 0.6) is 0 Å². The monoisotopic (exact) mass is 417 g/mol. The van der Waals surface area contributed by atoms with Crippen LogP contribution in [0, 0.1) is 11.6 Å². The summed E-state index contributed by atoms with van der Waals surface area (Å²) in [5.41, 5.74) is 0.748. The Morgan fingerprint density at radius 2 is 1.81 bits per heavy atom. The van der Waals surface area contributed by atoms with Gasteiger partial charge >= 0.3 is 0 Å². The standard InChI is InChI=1S/C19H21F2NO3S.ClH/c1-26(23,24)25-19(16-11-6-12-22-16)17(13-7-3-2-4-8-13)14-9-5-10-15(20)18(14)21;/h2-5,7-10,16-17,19,22H,6,11-12H2,1H3;1H/t16-,17-,19+;/m1./s1. The van der Waals surface area contributed by atoms with Crippen molar-refractivity contribution in [2.45, 2.75) is 30.9 Å². The second-order valence-electron chi connectivity index (χ2n) is 6.50. The maximum Gasteiger partial charge on any atom is 0.264 e. The molecule has 4 nitrogen and oxygen atoms in total. The van der Waals surface area contributed by atoms with Crippen molar-refractivity contribution < 1.29 is 21.4 Å². The highest BCUT2D eigenvalue weighted by molar-refractivity contribution is 7.86. The molecule has 0 saturated carbocycles. The SMILES string of the molecule is CS(=O)(=O)O[C@H]([C@H](c1ccccc1)c1cccc(F)c1F)[C@H]1CCCN1.Cl. The van der Waals surface area contributed by atoms with Gasteiger partial charge in [0.2, 0.25) is 0 Å². The molecule has 0 radical (unpaired) electrons. The molecule has 0 aliphatic carbocycles.